The second kappa shape index (κ2) is 13.5. The van der Waals surface area contributed by atoms with Gasteiger partial charge in [0.1, 0.15) is 0 Å². The van der Waals surface area contributed by atoms with E-state index in [0.29, 0.717) is 6.54 Å². The fourth-order valence-corrected chi connectivity index (χ4v) is 3.67. The maximum atomic E-state index is 6.08. The molecule has 0 heterocycles. The molecule has 0 bridgehead atoms. The topological polar surface area (TPSA) is 26.0 Å². The minimum absolute atomic E-state index is 0.695. The molecule has 0 unspecified atom stereocenters. The van der Waals surface area contributed by atoms with Crippen molar-refractivity contribution in [2.24, 2.45) is 5.73 Å². The van der Waals surface area contributed by atoms with Gasteiger partial charge >= 0.3 is 0 Å². The molecular weight excluding hydrogens is 290 g/mol. The lowest BCUT2D eigenvalue weighted by molar-refractivity contribution is 0.588. The smallest absolute Gasteiger partial charge is 0.0183 e. The number of aryl methyl sites for hydroxylation is 2. The van der Waals surface area contributed by atoms with Gasteiger partial charge in [-0.2, -0.15) is 0 Å². The molecule has 0 amide bonds. The highest BCUT2D eigenvalue weighted by atomic mass is 14.5. The Morgan fingerprint density at radius 3 is 1.71 bits per heavy atom. The molecule has 1 aromatic rings. The quantitative estimate of drug-likeness (QED) is 0.370. The summed E-state index contributed by atoms with van der Waals surface area (Å²) in [5.41, 5.74) is 12.0. The minimum Gasteiger partial charge on any atom is -0.326 e. The van der Waals surface area contributed by atoms with E-state index in [0.717, 1.165) is 0 Å². The minimum atomic E-state index is 0.695. The molecule has 0 radical (unpaired) electrons. The summed E-state index contributed by atoms with van der Waals surface area (Å²) in [5.74, 6) is 0. The van der Waals surface area contributed by atoms with E-state index >= 15 is 0 Å². The molecule has 138 valence electrons. The second-order valence-corrected chi connectivity index (χ2v) is 7.37. The largest absolute Gasteiger partial charge is 0.326 e. The highest BCUT2D eigenvalue weighted by Gasteiger charge is 2.08. The molecular formula is C23H41N. The molecule has 0 fully saturated rings. The fraction of sp³-hybridized carbons (Fsp3) is 0.739. The molecule has 1 aromatic carbocycles. The molecule has 1 rings (SSSR count). The van der Waals surface area contributed by atoms with Gasteiger partial charge in [-0.25, -0.2) is 0 Å². The van der Waals surface area contributed by atoms with E-state index in [2.05, 4.69) is 32.9 Å². The predicted octanol–water partition coefficient (Wildman–Crippen LogP) is 6.87. The van der Waals surface area contributed by atoms with Crippen LogP contribution in [0, 0.1) is 6.92 Å². The van der Waals surface area contributed by atoms with Crippen molar-refractivity contribution in [3.8, 4) is 0 Å². The standard InChI is InChI=1S/C23H41N/c1-4-6-8-10-11-12-14-16-22-18-17-21(15-13-9-7-5-2)20(3)23(22)19-24/h17-18H,4-16,19,24H2,1-3H3. The average molecular weight is 332 g/mol. The average Bonchev–Trinajstić information content (AvgIpc) is 2.59. The Morgan fingerprint density at radius 2 is 1.12 bits per heavy atom. The number of hydrogen-bond acceptors (Lipinski definition) is 1. The molecule has 2 N–H and O–H groups in total. The van der Waals surface area contributed by atoms with Gasteiger partial charge in [0.15, 0.2) is 0 Å². The Morgan fingerprint density at radius 1 is 0.667 bits per heavy atom. The lowest BCUT2D eigenvalue weighted by Crippen LogP contribution is -2.07. The van der Waals surface area contributed by atoms with Gasteiger partial charge < -0.3 is 5.73 Å². The summed E-state index contributed by atoms with van der Waals surface area (Å²) in [7, 11) is 0. The van der Waals surface area contributed by atoms with Crippen molar-refractivity contribution in [2.45, 2.75) is 111 Å². The number of unbranched alkanes of at least 4 members (excludes halogenated alkanes) is 9. The van der Waals surface area contributed by atoms with Crippen LogP contribution in [-0.2, 0) is 19.4 Å². The van der Waals surface area contributed by atoms with Crippen LogP contribution in [0.15, 0.2) is 12.1 Å². The highest BCUT2D eigenvalue weighted by molar-refractivity contribution is 5.40. The van der Waals surface area contributed by atoms with Crippen molar-refractivity contribution >= 4 is 0 Å². The molecule has 1 nitrogen and oxygen atoms in total. The first-order chi connectivity index (χ1) is 11.7. The third-order valence-corrected chi connectivity index (χ3v) is 5.36. The Balaban J connectivity index is 2.45. The first kappa shape index (κ1) is 21.2. The Labute approximate surface area is 151 Å². The molecule has 0 atom stereocenters. The van der Waals surface area contributed by atoms with Crippen LogP contribution < -0.4 is 5.73 Å². The van der Waals surface area contributed by atoms with E-state index in [4.69, 9.17) is 5.73 Å². The molecule has 0 aliphatic heterocycles. The van der Waals surface area contributed by atoms with Crippen molar-refractivity contribution in [1.29, 1.82) is 0 Å². The first-order valence-corrected chi connectivity index (χ1v) is 10.5. The molecule has 24 heavy (non-hydrogen) atoms. The number of benzene rings is 1. The summed E-state index contributed by atoms with van der Waals surface area (Å²) in [6.45, 7) is 7.53. The molecule has 0 spiro atoms. The normalized spacial score (nSPS) is 11.2. The summed E-state index contributed by atoms with van der Waals surface area (Å²) >= 11 is 0. The Kier molecular flexibility index (Phi) is 11.9. The summed E-state index contributed by atoms with van der Waals surface area (Å²) in [6, 6.07) is 4.73. The van der Waals surface area contributed by atoms with Crippen LogP contribution in [0.1, 0.15) is 107 Å². The van der Waals surface area contributed by atoms with Gasteiger partial charge in [-0.05, 0) is 54.9 Å². The predicted molar refractivity (Wildman–Crippen MR) is 109 cm³/mol. The van der Waals surface area contributed by atoms with Crippen LogP contribution in [0.4, 0.5) is 0 Å². The van der Waals surface area contributed by atoms with Crippen LogP contribution in [0.5, 0.6) is 0 Å². The zero-order valence-electron chi connectivity index (χ0n) is 16.6. The monoisotopic (exact) mass is 331 g/mol. The zero-order chi connectivity index (χ0) is 17.6. The lowest BCUT2D eigenvalue weighted by Gasteiger charge is -2.15. The van der Waals surface area contributed by atoms with Crippen LogP contribution in [0.2, 0.25) is 0 Å². The molecule has 0 aromatic heterocycles. The number of hydrogen-bond donors (Lipinski definition) is 1. The van der Waals surface area contributed by atoms with Gasteiger partial charge in [0.25, 0.3) is 0 Å². The first-order valence-electron chi connectivity index (χ1n) is 10.5. The SMILES string of the molecule is CCCCCCCCCc1ccc(CCCCCC)c(C)c1CN. The van der Waals surface area contributed by atoms with Crippen LogP contribution in [-0.4, -0.2) is 0 Å². The number of nitrogens with two attached hydrogens (primary N) is 1. The van der Waals surface area contributed by atoms with E-state index < -0.39 is 0 Å². The van der Waals surface area contributed by atoms with Gasteiger partial charge in [0, 0.05) is 6.54 Å². The van der Waals surface area contributed by atoms with E-state index in [1.807, 2.05) is 0 Å². The Hall–Kier alpha value is -0.820. The van der Waals surface area contributed by atoms with E-state index in [1.165, 1.54) is 106 Å². The molecule has 0 saturated carbocycles. The summed E-state index contributed by atoms with van der Waals surface area (Å²) in [4.78, 5) is 0. The van der Waals surface area contributed by atoms with Gasteiger partial charge in [0.2, 0.25) is 0 Å². The van der Waals surface area contributed by atoms with Crippen molar-refractivity contribution < 1.29 is 0 Å². The van der Waals surface area contributed by atoms with E-state index in [-0.39, 0.29) is 0 Å². The van der Waals surface area contributed by atoms with Crippen LogP contribution in [0.25, 0.3) is 0 Å². The maximum absolute atomic E-state index is 6.08. The van der Waals surface area contributed by atoms with Crippen LogP contribution in [0.3, 0.4) is 0 Å². The summed E-state index contributed by atoms with van der Waals surface area (Å²) < 4.78 is 0. The van der Waals surface area contributed by atoms with Crippen molar-refractivity contribution in [2.75, 3.05) is 0 Å². The van der Waals surface area contributed by atoms with Gasteiger partial charge in [-0.15, -0.1) is 0 Å². The van der Waals surface area contributed by atoms with Crippen LogP contribution >= 0.6 is 0 Å². The second-order valence-electron chi connectivity index (χ2n) is 7.37. The molecule has 1 heteroatoms. The van der Waals surface area contributed by atoms with Crippen molar-refractivity contribution in [1.82, 2.24) is 0 Å². The summed E-state index contributed by atoms with van der Waals surface area (Å²) in [5, 5.41) is 0. The lowest BCUT2D eigenvalue weighted by atomic mass is 9.91. The summed E-state index contributed by atoms with van der Waals surface area (Å²) in [6.07, 6.45) is 17.4. The molecule has 0 saturated heterocycles. The Bertz CT molecular complexity index is 436. The van der Waals surface area contributed by atoms with Gasteiger partial charge in [-0.3, -0.25) is 0 Å². The van der Waals surface area contributed by atoms with E-state index in [9.17, 15) is 0 Å². The number of rotatable bonds is 14. The third-order valence-electron chi connectivity index (χ3n) is 5.36. The van der Waals surface area contributed by atoms with Gasteiger partial charge in [0.05, 0.1) is 0 Å². The van der Waals surface area contributed by atoms with Crippen molar-refractivity contribution in [3.05, 3.63) is 34.4 Å². The van der Waals surface area contributed by atoms with E-state index in [1.54, 1.807) is 0 Å². The third kappa shape index (κ3) is 7.83. The maximum Gasteiger partial charge on any atom is 0.0183 e. The fourth-order valence-electron chi connectivity index (χ4n) is 3.67. The highest BCUT2D eigenvalue weighted by Crippen LogP contribution is 2.22. The zero-order valence-corrected chi connectivity index (χ0v) is 16.6. The van der Waals surface area contributed by atoms with Gasteiger partial charge in [-0.1, -0.05) is 83.8 Å². The molecule has 0 aliphatic carbocycles. The molecule has 0 aliphatic rings. The van der Waals surface area contributed by atoms with Crippen molar-refractivity contribution in [3.63, 3.8) is 0 Å².